The zero-order valence-corrected chi connectivity index (χ0v) is 9.44. The third-order valence-corrected chi connectivity index (χ3v) is 2.28. The molecule has 2 aromatic heterocycles. The number of nitrogens with two attached hydrogens (primary N) is 1. The van der Waals surface area contributed by atoms with E-state index >= 15 is 0 Å². The molecule has 16 heavy (non-hydrogen) atoms. The zero-order chi connectivity index (χ0) is 11.5. The summed E-state index contributed by atoms with van der Waals surface area (Å²) in [4.78, 5) is 7.78. The molecule has 0 unspecified atom stereocenters. The van der Waals surface area contributed by atoms with Crippen molar-refractivity contribution >= 4 is 23.4 Å². The van der Waals surface area contributed by atoms with Gasteiger partial charge in [0.25, 0.3) is 0 Å². The number of rotatable bonds is 3. The molecule has 2 aromatic rings. The molecule has 0 saturated carbocycles. The van der Waals surface area contributed by atoms with Gasteiger partial charge in [-0.05, 0) is 6.07 Å². The number of aryl methyl sites for hydroxylation is 1. The lowest BCUT2D eigenvalue weighted by Gasteiger charge is -2.06. The van der Waals surface area contributed by atoms with Crippen LogP contribution in [0, 0.1) is 0 Å². The van der Waals surface area contributed by atoms with E-state index in [1.807, 2.05) is 13.1 Å². The van der Waals surface area contributed by atoms with Crippen molar-refractivity contribution < 1.29 is 0 Å². The first-order valence-electron chi connectivity index (χ1n) is 4.66. The minimum absolute atomic E-state index is 0.153. The Morgan fingerprint density at radius 3 is 2.94 bits per heavy atom. The summed E-state index contributed by atoms with van der Waals surface area (Å²) in [7, 11) is 1.87. The van der Waals surface area contributed by atoms with Crippen LogP contribution >= 0.6 is 11.6 Å². The molecule has 0 bridgehead atoms. The van der Waals surface area contributed by atoms with E-state index in [4.69, 9.17) is 17.3 Å². The minimum Gasteiger partial charge on any atom is -0.368 e. The highest BCUT2D eigenvalue weighted by atomic mass is 35.5. The van der Waals surface area contributed by atoms with Gasteiger partial charge in [-0.3, -0.25) is 4.68 Å². The van der Waals surface area contributed by atoms with Gasteiger partial charge in [-0.15, -0.1) is 0 Å². The van der Waals surface area contributed by atoms with Crippen molar-refractivity contribution in [2.45, 2.75) is 6.54 Å². The van der Waals surface area contributed by atoms with Crippen molar-refractivity contribution in [3.8, 4) is 0 Å². The fourth-order valence-electron chi connectivity index (χ4n) is 1.28. The van der Waals surface area contributed by atoms with Gasteiger partial charge >= 0.3 is 0 Å². The first kappa shape index (κ1) is 10.7. The van der Waals surface area contributed by atoms with Gasteiger partial charge < -0.3 is 11.1 Å². The summed E-state index contributed by atoms with van der Waals surface area (Å²) in [6, 6.07) is 3.54. The molecule has 84 valence electrons. The standard InChI is InChI=1S/C9H11ClN6/c1-16-6(2-3-13-16)5-12-8-4-7(10)14-9(11)15-8/h2-4H,5H2,1H3,(H3,11,12,14,15). The summed E-state index contributed by atoms with van der Waals surface area (Å²) in [5.41, 5.74) is 6.51. The van der Waals surface area contributed by atoms with E-state index in [-0.39, 0.29) is 5.95 Å². The molecule has 0 fully saturated rings. The van der Waals surface area contributed by atoms with Crippen molar-refractivity contribution in [3.63, 3.8) is 0 Å². The average Bonchev–Trinajstić information content (AvgIpc) is 2.59. The monoisotopic (exact) mass is 238 g/mol. The van der Waals surface area contributed by atoms with Crippen LogP contribution in [-0.2, 0) is 13.6 Å². The molecular formula is C9H11ClN6. The van der Waals surface area contributed by atoms with Crippen molar-refractivity contribution in [3.05, 3.63) is 29.2 Å². The largest absolute Gasteiger partial charge is 0.368 e. The SMILES string of the molecule is Cn1nccc1CNc1cc(Cl)nc(N)n1. The summed E-state index contributed by atoms with van der Waals surface area (Å²) >= 11 is 5.75. The van der Waals surface area contributed by atoms with Crippen LogP contribution < -0.4 is 11.1 Å². The summed E-state index contributed by atoms with van der Waals surface area (Å²) in [6.07, 6.45) is 1.73. The van der Waals surface area contributed by atoms with Crippen LogP contribution in [0.2, 0.25) is 5.15 Å². The first-order chi connectivity index (χ1) is 7.65. The Bertz CT molecular complexity index is 474. The number of halogens is 1. The van der Waals surface area contributed by atoms with Crippen molar-refractivity contribution in [2.24, 2.45) is 7.05 Å². The van der Waals surface area contributed by atoms with Crippen LogP contribution in [0.25, 0.3) is 0 Å². The van der Waals surface area contributed by atoms with Crippen molar-refractivity contribution in [1.29, 1.82) is 0 Å². The molecule has 0 aliphatic carbocycles. The van der Waals surface area contributed by atoms with Crippen molar-refractivity contribution in [2.75, 3.05) is 11.1 Å². The molecular weight excluding hydrogens is 228 g/mol. The number of anilines is 2. The van der Waals surface area contributed by atoms with E-state index in [1.54, 1.807) is 16.9 Å². The van der Waals surface area contributed by atoms with Crippen LogP contribution in [-0.4, -0.2) is 19.7 Å². The maximum atomic E-state index is 5.75. The molecule has 0 saturated heterocycles. The number of nitrogen functional groups attached to an aromatic ring is 1. The average molecular weight is 239 g/mol. The molecule has 0 aliphatic rings. The van der Waals surface area contributed by atoms with Gasteiger partial charge in [-0.1, -0.05) is 11.6 Å². The number of nitrogens with zero attached hydrogens (tertiary/aromatic N) is 4. The smallest absolute Gasteiger partial charge is 0.223 e. The van der Waals surface area contributed by atoms with Gasteiger partial charge in [-0.25, -0.2) is 4.98 Å². The second-order valence-corrected chi connectivity index (χ2v) is 3.62. The van der Waals surface area contributed by atoms with E-state index < -0.39 is 0 Å². The lowest BCUT2D eigenvalue weighted by Crippen LogP contribution is -2.07. The lowest BCUT2D eigenvalue weighted by molar-refractivity contribution is 0.720. The van der Waals surface area contributed by atoms with Crippen LogP contribution in [0.4, 0.5) is 11.8 Å². The van der Waals surface area contributed by atoms with Gasteiger partial charge in [-0.2, -0.15) is 10.1 Å². The van der Waals surface area contributed by atoms with Gasteiger partial charge in [0.15, 0.2) is 0 Å². The van der Waals surface area contributed by atoms with E-state index in [0.717, 1.165) is 5.69 Å². The van der Waals surface area contributed by atoms with Gasteiger partial charge in [0.05, 0.1) is 12.2 Å². The summed E-state index contributed by atoms with van der Waals surface area (Å²) in [5, 5.41) is 7.47. The van der Waals surface area contributed by atoms with Crippen LogP contribution in [0.3, 0.4) is 0 Å². The molecule has 0 aliphatic heterocycles. The number of hydrogen-bond acceptors (Lipinski definition) is 5. The van der Waals surface area contributed by atoms with E-state index in [1.165, 1.54) is 0 Å². The van der Waals surface area contributed by atoms with Gasteiger partial charge in [0, 0.05) is 19.3 Å². The normalized spacial score (nSPS) is 10.4. The molecule has 0 amide bonds. The highest BCUT2D eigenvalue weighted by Gasteiger charge is 2.02. The fourth-order valence-corrected chi connectivity index (χ4v) is 1.47. The van der Waals surface area contributed by atoms with E-state index in [2.05, 4.69) is 20.4 Å². The van der Waals surface area contributed by atoms with Crippen molar-refractivity contribution in [1.82, 2.24) is 19.7 Å². The molecule has 2 heterocycles. The topological polar surface area (TPSA) is 81.7 Å². The Morgan fingerprint density at radius 1 is 1.50 bits per heavy atom. The lowest BCUT2D eigenvalue weighted by atomic mass is 10.4. The third-order valence-electron chi connectivity index (χ3n) is 2.09. The molecule has 7 heteroatoms. The number of aromatic nitrogens is 4. The fraction of sp³-hybridized carbons (Fsp3) is 0.222. The quantitative estimate of drug-likeness (QED) is 0.782. The predicted octanol–water partition coefficient (Wildman–Crippen LogP) is 1.06. The summed E-state index contributed by atoms with van der Waals surface area (Å²) < 4.78 is 1.78. The predicted molar refractivity (Wildman–Crippen MR) is 62.0 cm³/mol. The van der Waals surface area contributed by atoms with Gasteiger partial charge in [0.1, 0.15) is 11.0 Å². The van der Waals surface area contributed by atoms with E-state index in [9.17, 15) is 0 Å². The van der Waals surface area contributed by atoms with Crippen LogP contribution in [0.5, 0.6) is 0 Å². The van der Waals surface area contributed by atoms with Gasteiger partial charge in [0.2, 0.25) is 5.95 Å². The Kier molecular flexibility index (Phi) is 2.91. The highest BCUT2D eigenvalue weighted by Crippen LogP contribution is 2.13. The highest BCUT2D eigenvalue weighted by molar-refractivity contribution is 6.29. The molecule has 2 rings (SSSR count). The Labute approximate surface area is 97.5 Å². The van der Waals surface area contributed by atoms with Crippen LogP contribution in [0.1, 0.15) is 5.69 Å². The third kappa shape index (κ3) is 2.40. The molecule has 0 atom stereocenters. The maximum absolute atomic E-state index is 5.75. The van der Waals surface area contributed by atoms with E-state index in [0.29, 0.717) is 17.5 Å². The molecule has 6 nitrogen and oxygen atoms in total. The summed E-state index contributed by atoms with van der Waals surface area (Å²) in [5.74, 6) is 0.749. The molecule has 3 N–H and O–H groups in total. The molecule has 0 aromatic carbocycles. The Hall–Kier alpha value is -1.82. The number of nitrogens with one attached hydrogen (secondary N) is 1. The zero-order valence-electron chi connectivity index (χ0n) is 8.68. The second-order valence-electron chi connectivity index (χ2n) is 3.23. The summed E-state index contributed by atoms with van der Waals surface area (Å²) in [6.45, 7) is 0.600. The maximum Gasteiger partial charge on any atom is 0.223 e. The second kappa shape index (κ2) is 4.36. The Morgan fingerprint density at radius 2 is 2.31 bits per heavy atom. The number of hydrogen-bond donors (Lipinski definition) is 2. The van der Waals surface area contributed by atoms with Crippen LogP contribution in [0.15, 0.2) is 18.3 Å². The molecule has 0 spiro atoms. The molecule has 0 radical (unpaired) electrons. The minimum atomic E-state index is 0.153. The Balaban J connectivity index is 2.07. The first-order valence-corrected chi connectivity index (χ1v) is 5.04.